The number of nitrogens with zero attached hydrogens (tertiary/aromatic N) is 1. The van der Waals surface area contributed by atoms with Gasteiger partial charge in [0, 0.05) is 18.5 Å². The van der Waals surface area contributed by atoms with Gasteiger partial charge in [0.25, 0.3) is 0 Å². The molecule has 3 N–H and O–H groups in total. The summed E-state index contributed by atoms with van der Waals surface area (Å²) < 4.78 is 13.7. The minimum absolute atomic E-state index is 0.0440. The fourth-order valence-electron chi connectivity index (χ4n) is 2.90. The van der Waals surface area contributed by atoms with Crippen LogP contribution in [0.5, 0.6) is 0 Å². The van der Waals surface area contributed by atoms with Crippen molar-refractivity contribution in [1.29, 1.82) is 5.26 Å². The Kier molecular flexibility index (Phi) is 4.45. The number of fused-ring (bicyclic) bond motifs is 1. The van der Waals surface area contributed by atoms with Gasteiger partial charge >= 0.3 is 6.03 Å². The number of rotatable bonds is 3. The second kappa shape index (κ2) is 6.69. The van der Waals surface area contributed by atoms with E-state index in [9.17, 15) is 14.3 Å². The molecule has 0 bridgehead atoms. The van der Waals surface area contributed by atoms with Gasteiger partial charge in [-0.15, -0.1) is 0 Å². The van der Waals surface area contributed by atoms with Crippen molar-refractivity contribution < 1.29 is 14.3 Å². The molecule has 0 saturated carbocycles. The SMILES string of the molecule is N#Cc1ccc(F)c(CNC(=O)NC2c3ccccc3CC2O)c1. The smallest absolute Gasteiger partial charge is 0.315 e. The first-order valence-corrected chi connectivity index (χ1v) is 7.57. The number of carbonyl (C=O) groups is 1. The van der Waals surface area contributed by atoms with Gasteiger partial charge in [-0.2, -0.15) is 5.26 Å². The summed E-state index contributed by atoms with van der Waals surface area (Å²) in [6, 6.07) is 12.4. The molecule has 0 heterocycles. The Hall–Kier alpha value is -2.91. The second-order valence-corrected chi connectivity index (χ2v) is 5.69. The number of aliphatic hydroxyl groups is 1. The monoisotopic (exact) mass is 325 g/mol. The van der Waals surface area contributed by atoms with Gasteiger partial charge in [-0.1, -0.05) is 24.3 Å². The van der Waals surface area contributed by atoms with E-state index in [1.807, 2.05) is 30.3 Å². The maximum atomic E-state index is 13.7. The molecule has 0 aliphatic heterocycles. The predicted octanol–water partition coefficient (Wildman–Crippen LogP) is 2.15. The normalized spacial score (nSPS) is 18.5. The van der Waals surface area contributed by atoms with E-state index in [-0.39, 0.29) is 12.1 Å². The van der Waals surface area contributed by atoms with Crippen molar-refractivity contribution in [2.75, 3.05) is 0 Å². The molecule has 2 aromatic carbocycles. The first-order chi connectivity index (χ1) is 11.6. The second-order valence-electron chi connectivity index (χ2n) is 5.69. The highest BCUT2D eigenvalue weighted by molar-refractivity contribution is 5.74. The van der Waals surface area contributed by atoms with E-state index in [0.717, 1.165) is 11.1 Å². The number of hydrogen-bond acceptors (Lipinski definition) is 3. The number of halogens is 1. The van der Waals surface area contributed by atoms with Gasteiger partial charge in [0.1, 0.15) is 5.82 Å². The van der Waals surface area contributed by atoms with E-state index in [0.29, 0.717) is 12.0 Å². The van der Waals surface area contributed by atoms with E-state index in [2.05, 4.69) is 10.6 Å². The Morgan fingerprint density at radius 2 is 2.12 bits per heavy atom. The van der Waals surface area contributed by atoms with E-state index < -0.39 is 24.0 Å². The zero-order valence-electron chi connectivity index (χ0n) is 12.8. The minimum atomic E-state index is -0.688. The molecule has 2 unspecified atom stereocenters. The van der Waals surface area contributed by atoms with Crippen LogP contribution in [0.4, 0.5) is 9.18 Å². The van der Waals surface area contributed by atoms with Crippen molar-refractivity contribution in [3.63, 3.8) is 0 Å². The molecule has 1 aliphatic carbocycles. The molecular formula is C18H16FN3O2. The third kappa shape index (κ3) is 3.21. The maximum Gasteiger partial charge on any atom is 0.315 e. The van der Waals surface area contributed by atoms with Crippen molar-refractivity contribution >= 4 is 6.03 Å². The molecule has 0 fully saturated rings. The highest BCUT2D eigenvalue weighted by atomic mass is 19.1. The van der Waals surface area contributed by atoms with Crippen LogP contribution in [0.2, 0.25) is 0 Å². The maximum absolute atomic E-state index is 13.7. The lowest BCUT2D eigenvalue weighted by Gasteiger charge is -2.18. The van der Waals surface area contributed by atoms with Crippen molar-refractivity contribution in [3.05, 3.63) is 70.5 Å². The van der Waals surface area contributed by atoms with Gasteiger partial charge in [0.15, 0.2) is 0 Å². The number of aliphatic hydroxyl groups excluding tert-OH is 1. The van der Waals surface area contributed by atoms with Gasteiger partial charge in [-0.25, -0.2) is 9.18 Å². The van der Waals surface area contributed by atoms with Crippen LogP contribution in [-0.2, 0) is 13.0 Å². The summed E-state index contributed by atoms with van der Waals surface area (Å²) in [5.74, 6) is -0.486. The lowest BCUT2D eigenvalue weighted by molar-refractivity contribution is 0.142. The van der Waals surface area contributed by atoms with Crippen LogP contribution in [0, 0.1) is 17.1 Å². The average molecular weight is 325 g/mol. The first-order valence-electron chi connectivity index (χ1n) is 7.57. The minimum Gasteiger partial charge on any atom is -0.390 e. The summed E-state index contributed by atoms with van der Waals surface area (Å²) in [6.07, 6.45) is -0.202. The number of benzene rings is 2. The van der Waals surface area contributed by atoms with Gasteiger partial charge in [0.2, 0.25) is 0 Å². The lowest BCUT2D eigenvalue weighted by atomic mass is 10.1. The van der Waals surface area contributed by atoms with Gasteiger partial charge in [-0.05, 0) is 29.3 Å². The average Bonchev–Trinajstić information content (AvgIpc) is 2.90. The topological polar surface area (TPSA) is 85.2 Å². The van der Waals surface area contributed by atoms with Crippen LogP contribution in [0.25, 0.3) is 0 Å². The molecule has 6 heteroatoms. The molecule has 0 aromatic heterocycles. The molecule has 122 valence electrons. The Balaban J connectivity index is 1.64. The molecule has 24 heavy (non-hydrogen) atoms. The summed E-state index contributed by atoms with van der Waals surface area (Å²) in [7, 11) is 0. The molecule has 0 saturated heterocycles. The van der Waals surface area contributed by atoms with Crippen LogP contribution in [0.3, 0.4) is 0 Å². The number of urea groups is 1. The zero-order valence-corrected chi connectivity index (χ0v) is 12.8. The van der Waals surface area contributed by atoms with Crippen molar-refractivity contribution in [2.45, 2.75) is 25.1 Å². The number of nitriles is 1. The van der Waals surface area contributed by atoms with Crippen molar-refractivity contribution in [1.82, 2.24) is 10.6 Å². The van der Waals surface area contributed by atoms with Crippen LogP contribution in [-0.4, -0.2) is 17.2 Å². The number of amides is 2. The zero-order chi connectivity index (χ0) is 17.1. The first kappa shape index (κ1) is 16.0. The van der Waals surface area contributed by atoms with Gasteiger partial charge in [0.05, 0.1) is 23.8 Å². The third-order valence-electron chi connectivity index (χ3n) is 4.10. The molecule has 1 aliphatic rings. The van der Waals surface area contributed by atoms with Crippen LogP contribution < -0.4 is 10.6 Å². The Morgan fingerprint density at radius 1 is 1.33 bits per heavy atom. The molecule has 0 radical (unpaired) electrons. The van der Waals surface area contributed by atoms with Crippen molar-refractivity contribution in [3.8, 4) is 6.07 Å². The van der Waals surface area contributed by atoms with E-state index in [1.165, 1.54) is 18.2 Å². The molecule has 2 aromatic rings. The molecule has 2 atom stereocenters. The Morgan fingerprint density at radius 3 is 2.92 bits per heavy atom. The number of nitrogens with one attached hydrogen (secondary N) is 2. The largest absolute Gasteiger partial charge is 0.390 e. The highest BCUT2D eigenvalue weighted by Gasteiger charge is 2.31. The molecular weight excluding hydrogens is 309 g/mol. The molecule has 0 spiro atoms. The van der Waals surface area contributed by atoms with E-state index >= 15 is 0 Å². The fraction of sp³-hybridized carbons (Fsp3) is 0.222. The number of carbonyl (C=O) groups excluding carboxylic acids is 1. The summed E-state index contributed by atoms with van der Waals surface area (Å²) in [6.45, 7) is -0.0440. The Bertz CT molecular complexity index is 816. The standard InChI is InChI=1S/C18H16FN3O2/c19-15-6-5-11(9-20)7-13(15)10-21-18(24)22-17-14-4-2-1-3-12(14)8-16(17)23/h1-7,16-17,23H,8,10H2,(H2,21,22,24). The number of hydrogen-bond donors (Lipinski definition) is 3. The van der Waals surface area contributed by atoms with E-state index in [4.69, 9.17) is 5.26 Å². The predicted molar refractivity (Wildman–Crippen MR) is 85.4 cm³/mol. The summed E-state index contributed by atoms with van der Waals surface area (Å²) in [5.41, 5.74) is 2.45. The highest BCUT2D eigenvalue weighted by Crippen LogP contribution is 2.31. The lowest BCUT2D eigenvalue weighted by Crippen LogP contribution is -2.40. The Labute approximate surface area is 138 Å². The van der Waals surface area contributed by atoms with E-state index in [1.54, 1.807) is 0 Å². The third-order valence-corrected chi connectivity index (χ3v) is 4.10. The summed E-state index contributed by atoms with van der Waals surface area (Å²) >= 11 is 0. The quantitative estimate of drug-likeness (QED) is 0.808. The van der Waals surface area contributed by atoms with Crippen LogP contribution in [0.1, 0.15) is 28.3 Å². The molecule has 2 amide bonds. The van der Waals surface area contributed by atoms with Crippen LogP contribution in [0.15, 0.2) is 42.5 Å². The fourth-order valence-corrected chi connectivity index (χ4v) is 2.90. The van der Waals surface area contributed by atoms with Crippen molar-refractivity contribution in [2.24, 2.45) is 0 Å². The summed E-state index contributed by atoms with van der Waals surface area (Å²) in [5, 5.41) is 24.2. The summed E-state index contributed by atoms with van der Waals surface area (Å²) in [4.78, 5) is 12.1. The van der Waals surface area contributed by atoms with Gasteiger partial charge < -0.3 is 15.7 Å². The molecule has 5 nitrogen and oxygen atoms in total. The van der Waals surface area contributed by atoms with Crippen LogP contribution >= 0.6 is 0 Å². The van der Waals surface area contributed by atoms with Gasteiger partial charge in [-0.3, -0.25) is 0 Å². The molecule has 3 rings (SSSR count).